The van der Waals surface area contributed by atoms with Crippen LogP contribution in [-0.4, -0.2) is 5.78 Å². The van der Waals surface area contributed by atoms with E-state index in [0.29, 0.717) is 11.7 Å². The van der Waals surface area contributed by atoms with Gasteiger partial charge in [-0.05, 0) is 61.7 Å². The fourth-order valence-corrected chi connectivity index (χ4v) is 7.67. The van der Waals surface area contributed by atoms with Gasteiger partial charge < -0.3 is 0 Å². The second-order valence-corrected chi connectivity index (χ2v) is 12.7. The van der Waals surface area contributed by atoms with Gasteiger partial charge in [-0.25, -0.2) is 0 Å². The molecule has 0 aromatic rings. The Hall–Kier alpha value is -0.330. The van der Waals surface area contributed by atoms with Gasteiger partial charge in [0.2, 0.25) is 0 Å². The van der Waals surface area contributed by atoms with Gasteiger partial charge in [0.1, 0.15) is 5.78 Å². The normalized spacial score (nSPS) is 33.2. The maximum absolute atomic E-state index is 12.5. The van der Waals surface area contributed by atoms with Crippen LogP contribution in [0.15, 0.2) is 0 Å². The molecule has 3 aliphatic rings. The third-order valence-electron chi connectivity index (χ3n) is 10.2. The molecule has 1 nitrogen and oxygen atoms in total. The lowest BCUT2D eigenvalue weighted by Crippen LogP contribution is -2.23. The van der Waals surface area contributed by atoms with Gasteiger partial charge in [-0.1, -0.05) is 123 Å². The summed E-state index contributed by atoms with van der Waals surface area (Å²) in [5.41, 5.74) is 0. The van der Waals surface area contributed by atoms with E-state index < -0.39 is 0 Å². The van der Waals surface area contributed by atoms with Crippen LogP contribution in [0, 0.1) is 35.5 Å². The second-order valence-electron chi connectivity index (χ2n) is 12.7. The molecule has 0 amide bonds. The van der Waals surface area contributed by atoms with Crippen LogP contribution < -0.4 is 0 Å². The maximum Gasteiger partial charge on any atom is 0.135 e. The predicted molar refractivity (Wildman–Crippen MR) is 143 cm³/mol. The first kappa shape index (κ1) is 27.3. The highest BCUT2D eigenvalue weighted by Crippen LogP contribution is 2.40. The van der Waals surface area contributed by atoms with Crippen molar-refractivity contribution in [1.29, 1.82) is 0 Å². The fraction of sp³-hybridized carbons (Fsp3) is 0.969. The molecule has 0 heterocycles. The summed E-state index contributed by atoms with van der Waals surface area (Å²) < 4.78 is 0. The third kappa shape index (κ3) is 10.0. The van der Waals surface area contributed by atoms with Gasteiger partial charge >= 0.3 is 0 Å². The zero-order chi connectivity index (χ0) is 23.3. The summed E-state index contributed by atoms with van der Waals surface area (Å²) in [5, 5.41) is 0. The Bertz CT molecular complexity index is 501. The minimum absolute atomic E-state index is 0.417. The molecule has 0 aliphatic heterocycles. The van der Waals surface area contributed by atoms with Crippen LogP contribution in [0.4, 0.5) is 0 Å². The van der Waals surface area contributed by atoms with Crippen molar-refractivity contribution in [1.82, 2.24) is 0 Å². The zero-order valence-electron chi connectivity index (χ0n) is 22.6. The highest BCUT2D eigenvalue weighted by molar-refractivity contribution is 5.81. The summed E-state index contributed by atoms with van der Waals surface area (Å²) in [6.45, 7) is 4.60. The molecule has 3 fully saturated rings. The average molecular weight is 459 g/mol. The number of rotatable bonds is 14. The van der Waals surface area contributed by atoms with Gasteiger partial charge in [-0.2, -0.15) is 0 Å². The standard InChI is InChI=1S/C32H58O/c1-3-5-6-7-9-32(33)31-24-22-30(23-25-31)21-20-29-18-16-28(17-19-29)15-14-27-12-10-26(8-4-2)11-13-27/h26-31H,3-25H2,1-2H3. The van der Waals surface area contributed by atoms with Gasteiger partial charge in [0.25, 0.3) is 0 Å². The Labute approximate surface area is 207 Å². The van der Waals surface area contributed by atoms with Crippen molar-refractivity contribution in [3.8, 4) is 0 Å². The molecule has 0 spiro atoms. The molecule has 3 saturated carbocycles. The number of Topliss-reactive ketones (excluding diaryl/α,β-unsaturated/α-hetero) is 1. The lowest BCUT2D eigenvalue weighted by Gasteiger charge is -2.33. The molecule has 3 rings (SSSR count). The van der Waals surface area contributed by atoms with Crippen LogP contribution in [-0.2, 0) is 4.79 Å². The van der Waals surface area contributed by atoms with E-state index in [1.807, 2.05) is 0 Å². The smallest absolute Gasteiger partial charge is 0.135 e. The van der Waals surface area contributed by atoms with Gasteiger partial charge in [-0.3, -0.25) is 4.79 Å². The minimum Gasteiger partial charge on any atom is -0.299 e. The van der Waals surface area contributed by atoms with E-state index in [0.717, 1.165) is 42.4 Å². The number of carbonyl (C=O) groups excluding carboxylic acids is 1. The van der Waals surface area contributed by atoms with Crippen LogP contribution in [0.25, 0.3) is 0 Å². The fourth-order valence-electron chi connectivity index (χ4n) is 7.67. The van der Waals surface area contributed by atoms with E-state index in [1.54, 1.807) is 0 Å². The molecular weight excluding hydrogens is 400 g/mol. The van der Waals surface area contributed by atoms with Crippen molar-refractivity contribution in [3.05, 3.63) is 0 Å². The van der Waals surface area contributed by atoms with Gasteiger partial charge in [0.05, 0.1) is 0 Å². The summed E-state index contributed by atoms with van der Waals surface area (Å²) >= 11 is 0. The van der Waals surface area contributed by atoms with E-state index in [2.05, 4.69) is 13.8 Å². The number of unbranched alkanes of at least 4 members (excludes halogenated alkanes) is 3. The lowest BCUT2D eigenvalue weighted by atomic mass is 9.73. The van der Waals surface area contributed by atoms with E-state index in [4.69, 9.17) is 0 Å². The minimum atomic E-state index is 0.417. The van der Waals surface area contributed by atoms with Gasteiger partial charge in [0.15, 0.2) is 0 Å². The van der Waals surface area contributed by atoms with E-state index >= 15 is 0 Å². The molecule has 0 bridgehead atoms. The molecule has 0 aromatic heterocycles. The molecule has 1 heteroatoms. The lowest BCUT2D eigenvalue weighted by molar-refractivity contribution is -0.124. The van der Waals surface area contributed by atoms with E-state index in [-0.39, 0.29) is 0 Å². The van der Waals surface area contributed by atoms with Crippen LogP contribution in [0.5, 0.6) is 0 Å². The topological polar surface area (TPSA) is 17.1 Å². The molecule has 0 unspecified atom stereocenters. The Morgan fingerprint density at radius 1 is 0.485 bits per heavy atom. The maximum atomic E-state index is 12.5. The SMILES string of the molecule is CCCCCCC(=O)C1CCC(CCC2CCC(CCC3CCC(CCC)CC3)CC2)CC1. The van der Waals surface area contributed by atoms with E-state index in [1.165, 1.54) is 135 Å². The highest BCUT2D eigenvalue weighted by atomic mass is 16.1. The van der Waals surface area contributed by atoms with Crippen molar-refractivity contribution in [2.24, 2.45) is 35.5 Å². The van der Waals surface area contributed by atoms with Crippen molar-refractivity contribution in [2.75, 3.05) is 0 Å². The number of ketones is 1. The van der Waals surface area contributed by atoms with Crippen LogP contribution in [0.1, 0.15) is 162 Å². The summed E-state index contributed by atoms with van der Waals surface area (Å²) in [6.07, 6.45) is 31.9. The van der Waals surface area contributed by atoms with Crippen molar-refractivity contribution >= 4 is 5.78 Å². The Balaban J connectivity index is 1.20. The molecule has 0 atom stereocenters. The van der Waals surface area contributed by atoms with Gasteiger partial charge in [-0.15, -0.1) is 0 Å². The van der Waals surface area contributed by atoms with Crippen molar-refractivity contribution in [2.45, 2.75) is 162 Å². The van der Waals surface area contributed by atoms with Crippen LogP contribution >= 0.6 is 0 Å². The van der Waals surface area contributed by atoms with Crippen molar-refractivity contribution < 1.29 is 4.79 Å². The highest BCUT2D eigenvalue weighted by Gasteiger charge is 2.28. The summed E-state index contributed by atoms with van der Waals surface area (Å²) in [7, 11) is 0. The summed E-state index contributed by atoms with van der Waals surface area (Å²) in [5.74, 6) is 6.13. The number of hydrogen-bond donors (Lipinski definition) is 0. The molecule has 0 N–H and O–H groups in total. The summed E-state index contributed by atoms with van der Waals surface area (Å²) in [4.78, 5) is 12.5. The number of hydrogen-bond acceptors (Lipinski definition) is 1. The third-order valence-corrected chi connectivity index (χ3v) is 10.2. The first-order valence-corrected chi connectivity index (χ1v) is 15.7. The average Bonchev–Trinajstić information content (AvgIpc) is 2.86. The zero-order valence-corrected chi connectivity index (χ0v) is 22.6. The molecule has 3 aliphatic carbocycles. The second kappa shape index (κ2) is 15.6. The van der Waals surface area contributed by atoms with Crippen LogP contribution in [0.3, 0.4) is 0 Å². The number of carbonyl (C=O) groups is 1. The first-order valence-electron chi connectivity index (χ1n) is 15.7. The quantitative estimate of drug-likeness (QED) is 0.236. The Morgan fingerprint density at radius 2 is 0.879 bits per heavy atom. The Morgan fingerprint density at radius 3 is 1.27 bits per heavy atom. The molecule has 0 saturated heterocycles. The summed E-state index contributed by atoms with van der Waals surface area (Å²) in [6, 6.07) is 0. The molecule has 0 aromatic carbocycles. The molecule has 33 heavy (non-hydrogen) atoms. The first-order chi connectivity index (χ1) is 16.2. The van der Waals surface area contributed by atoms with E-state index in [9.17, 15) is 4.79 Å². The van der Waals surface area contributed by atoms with Crippen LogP contribution in [0.2, 0.25) is 0 Å². The molecule has 192 valence electrons. The predicted octanol–water partition coefficient (Wildman–Crippen LogP) is 10.3. The largest absolute Gasteiger partial charge is 0.299 e. The molecular formula is C32H58O. The van der Waals surface area contributed by atoms with Crippen molar-refractivity contribution in [3.63, 3.8) is 0 Å². The van der Waals surface area contributed by atoms with Gasteiger partial charge in [0, 0.05) is 12.3 Å². The Kier molecular flexibility index (Phi) is 12.9. The monoisotopic (exact) mass is 458 g/mol. The molecule has 0 radical (unpaired) electrons.